The van der Waals surface area contributed by atoms with Gasteiger partial charge in [0.1, 0.15) is 0 Å². The second kappa shape index (κ2) is 8.90. The predicted octanol–water partition coefficient (Wildman–Crippen LogP) is 2.76. The van der Waals surface area contributed by atoms with Gasteiger partial charge in [0.25, 0.3) is 0 Å². The average Bonchev–Trinajstić information content (AvgIpc) is 3.10. The SMILES string of the molecule is C.CCc1ccc(B(OCC2CCCN2)c2ccccc2)cc1. The van der Waals surface area contributed by atoms with Crippen LogP contribution in [0.4, 0.5) is 0 Å². The Morgan fingerprint density at radius 2 is 1.74 bits per heavy atom. The van der Waals surface area contributed by atoms with E-state index in [0.29, 0.717) is 6.04 Å². The first-order chi connectivity index (χ1) is 10.9. The summed E-state index contributed by atoms with van der Waals surface area (Å²) in [6.07, 6.45) is 3.55. The normalized spacial score (nSPS) is 16.8. The molecule has 2 nitrogen and oxygen atoms in total. The molecule has 1 aliphatic rings. The molecule has 0 radical (unpaired) electrons. The minimum atomic E-state index is 0. The second-order valence-electron chi connectivity index (χ2n) is 6.01. The van der Waals surface area contributed by atoms with Crippen molar-refractivity contribution in [1.29, 1.82) is 0 Å². The average molecular weight is 309 g/mol. The molecule has 1 aliphatic heterocycles. The van der Waals surface area contributed by atoms with Crippen molar-refractivity contribution in [3.05, 3.63) is 60.2 Å². The van der Waals surface area contributed by atoms with Crippen molar-refractivity contribution in [2.45, 2.75) is 39.7 Å². The van der Waals surface area contributed by atoms with Gasteiger partial charge in [-0.15, -0.1) is 0 Å². The Kier molecular flexibility index (Phi) is 6.88. The summed E-state index contributed by atoms with van der Waals surface area (Å²) >= 11 is 0. The van der Waals surface area contributed by atoms with Gasteiger partial charge in [-0.2, -0.15) is 0 Å². The van der Waals surface area contributed by atoms with Crippen LogP contribution in [0.2, 0.25) is 0 Å². The van der Waals surface area contributed by atoms with Gasteiger partial charge in [0, 0.05) is 12.6 Å². The summed E-state index contributed by atoms with van der Waals surface area (Å²) in [4.78, 5) is 0. The third kappa shape index (κ3) is 4.70. The molecule has 0 spiro atoms. The number of nitrogens with one attached hydrogen (secondary N) is 1. The zero-order valence-electron chi connectivity index (χ0n) is 13.3. The van der Waals surface area contributed by atoms with Gasteiger partial charge in [-0.05, 0) is 42.3 Å². The van der Waals surface area contributed by atoms with Gasteiger partial charge < -0.3 is 9.97 Å². The van der Waals surface area contributed by atoms with Crippen LogP contribution in [0.15, 0.2) is 54.6 Å². The number of benzene rings is 2. The highest BCUT2D eigenvalue weighted by molar-refractivity contribution is 6.80. The highest BCUT2D eigenvalue weighted by Crippen LogP contribution is 2.06. The van der Waals surface area contributed by atoms with Gasteiger partial charge in [0.05, 0.1) is 0 Å². The van der Waals surface area contributed by atoms with E-state index >= 15 is 0 Å². The van der Waals surface area contributed by atoms with Crippen LogP contribution >= 0.6 is 0 Å². The fourth-order valence-corrected chi connectivity index (χ4v) is 3.05. The van der Waals surface area contributed by atoms with Gasteiger partial charge >= 0.3 is 6.92 Å². The highest BCUT2D eigenvalue weighted by atomic mass is 16.4. The fourth-order valence-electron chi connectivity index (χ4n) is 3.05. The maximum atomic E-state index is 6.31. The Morgan fingerprint density at radius 3 is 2.35 bits per heavy atom. The first-order valence-electron chi connectivity index (χ1n) is 8.35. The molecule has 0 saturated carbocycles. The van der Waals surface area contributed by atoms with Crippen molar-refractivity contribution in [3.63, 3.8) is 0 Å². The van der Waals surface area contributed by atoms with Crippen molar-refractivity contribution in [2.75, 3.05) is 13.2 Å². The van der Waals surface area contributed by atoms with Crippen molar-refractivity contribution < 1.29 is 4.65 Å². The molecule has 0 bridgehead atoms. The van der Waals surface area contributed by atoms with Crippen molar-refractivity contribution in [2.24, 2.45) is 0 Å². The highest BCUT2D eigenvalue weighted by Gasteiger charge is 2.23. The molecule has 1 fully saturated rings. The first-order valence-corrected chi connectivity index (χ1v) is 8.35. The molecule has 2 aromatic rings. The van der Waals surface area contributed by atoms with E-state index in [4.69, 9.17) is 4.65 Å². The molecule has 3 rings (SSSR count). The van der Waals surface area contributed by atoms with E-state index in [1.165, 1.54) is 29.3 Å². The van der Waals surface area contributed by atoms with Crippen LogP contribution in [0.1, 0.15) is 32.8 Å². The second-order valence-corrected chi connectivity index (χ2v) is 6.01. The summed E-state index contributed by atoms with van der Waals surface area (Å²) < 4.78 is 6.31. The Hall–Kier alpha value is -1.58. The first kappa shape index (κ1) is 17.8. The minimum absolute atomic E-state index is 0. The van der Waals surface area contributed by atoms with Crippen LogP contribution < -0.4 is 16.2 Å². The van der Waals surface area contributed by atoms with Crippen LogP contribution in [0, 0.1) is 0 Å². The van der Waals surface area contributed by atoms with Crippen LogP contribution in [-0.4, -0.2) is 26.1 Å². The lowest BCUT2D eigenvalue weighted by Gasteiger charge is -2.18. The summed E-state index contributed by atoms with van der Waals surface area (Å²) in [5, 5.41) is 3.51. The standard InChI is InChI=1S/C19H24BNO.CH4/c1-2-16-10-12-18(13-11-16)20(17-7-4-3-5-8-17)22-15-19-9-6-14-21-19;/h3-5,7-8,10-13,19,21H,2,6,9,14-15H2,1H3;1H4. The van der Waals surface area contributed by atoms with Crippen molar-refractivity contribution in [3.8, 4) is 0 Å². The van der Waals surface area contributed by atoms with Gasteiger partial charge in [-0.3, -0.25) is 0 Å². The lowest BCUT2D eigenvalue weighted by Crippen LogP contribution is -2.47. The van der Waals surface area contributed by atoms with E-state index < -0.39 is 0 Å². The Morgan fingerprint density at radius 1 is 1.04 bits per heavy atom. The largest absolute Gasteiger partial charge is 0.425 e. The number of aryl methyl sites for hydroxylation is 1. The van der Waals surface area contributed by atoms with Crippen molar-refractivity contribution in [1.82, 2.24) is 5.32 Å². The van der Waals surface area contributed by atoms with Gasteiger partial charge in [0.15, 0.2) is 0 Å². The van der Waals surface area contributed by atoms with Crippen LogP contribution in [-0.2, 0) is 11.1 Å². The van der Waals surface area contributed by atoms with E-state index in [1.807, 2.05) is 0 Å². The van der Waals surface area contributed by atoms with Crippen LogP contribution in [0.5, 0.6) is 0 Å². The van der Waals surface area contributed by atoms with E-state index in [0.717, 1.165) is 19.6 Å². The maximum Gasteiger partial charge on any atom is 0.361 e. The van der Waals surface area contributed by atoms with Gasteiger partial charge in [-0.25, -0.2) is 0 Å². The Bertz CT molecular complexity index is 564. The number of rotatable bonds is 6. The molecule has 2 aromatic carbocycles. The van der Waals surface area contributed by atoms with Gasteiger partial charge in [0.2, 0.25) is 0 Å². The zero-order valence-corrected chi connectivity index (χ0v) is 13.3. The Balaban J connectivity index is 0.00000192. The van der Waals surface area contributed by atoms with Crippen LogP contribution in [0.3, 0.4) is 0 Å². The summed E-state index contributed by atoms with van der Waals surface area (Å²) in [5.41, 5.74) is 3.83. The van der Waals surface area contributed by atoms with Crippen molar-refractivity contribution >= 4 is 17.8 Å². The Labute approximate surface area is 141 Å². The number of hydrogen-bond donors (Lipinski definition) is 1. The molecule has 23 heavy (non-hydrogen) atoms. The monoisotopic (exact) mass is 309 g/mol. The fraction of sp³-hybridized carbons (Fsp3) is 0.400. The number of hydrogen-bond acceptors (Lipinski definition) is 2. The lowest BCUT2D eigenvalue weighted by atomic mass is 9.55. The summed E-state index contributed by atoms with van der Waals surface area (Å²) in [7, 11) is 0. The summed E-state index contributed by atoms with van der Waals surface area (Å²) in [6, 6.07) is 19.9. The zero-order chi connectivity index (χ0) is 15.2. The molecular weight excluding hydrogens is 281 g/mol. The molecule has 0 aromatic heterocycles. The summed E-state index contributed by atoms with van der Waals surface area (Å²) in [6.45, 7) is 4.10. The van der Waals surface area contributed by atoms with Crippen LogP contribution in [0.25, 0.3) is 0 Å². The molecule has 1 heterocycles. The smallest absolute Gasteiger partial charge is 0.361 e. The van der Waals surface area contributed by atoms with E-state index in [-0.39, 0.29) is 14.3 Å². The molecule has 1 atom stereocenters. The third-order valence-electron chi connectivity index (χ3n) is 4.42. The third-order valence-corrected chi connectivity index (χ3v) is 4.42. The van der Waals surface area contributed by atoms with E-state index in [1.54, 1.807) is 0 Å². The lowest BCUT2D eigenvalue weighted by molar-refractivity contribution is 0.288. The maximum absolute atomic E-state index is 6.31. The molecule has 1 saturated heterocycles. The van der Waals surface area contributed by atoms with E-state index in [2.05, 4.69) is 66.8 Å². The van der Waals surface area contributed by atoms with E-state index in [9.17, 15) is 0 Å². The predicted molar refractivity (Wildman–Crippen MR) is 101 cm³/mol. The topological polar surface area (TPSA) is 21.3 Å². The molecular formula is C20H28BNO. The molecule has 3 heteroatoms. The quantitative estimate of drug-likeness (QED) is 0.829. The molecule has 122 valence electrons. The minimum Gasteiger partial charge on any atom is -0.425 e. The molecule has 1 unspecified atom stereocenters. The molecule has 0 aliphatic carbocycles. The molecule has 0 amide bonds. The van der Waals surface area contributed by atoms with Gasteiger partial charge in [-0.1, -0.05) is 68.9 Å². The summed E-state index contributed by atoms with van der Waals surface area (Å²) in [5.74, 6) is 0. The molecule has 1 N–H and O–H groups in total.